The fourth-order valence-electron chi connectivity index (χ4n) is 3.49. The number of aromatic nitrogens is 4. The maximum atomic E-state index is 14.2. The molecular weight excluding hydrogens is 388 g/mol. The van der Waals surface area contributed by atoms with Gasteiger partial charge in [0.15, 0.2) is 0 Å². The van der Waals surface area contributed by atoms with Crippen LogP contribution in [0, 0.1) is 11.6 Å². The molecule has 4 aromatic rings. The minimum atomic E-state index is -0.622. The van der Waals surface area contributed by atoms with E-state index < -0.39 is 11.6 Å². The molecule has 0 fully saturated rings. The summed E-state index contributed by atoms with van der Waals surface area (Å²) in [6.45, 7) is 1.50. The van der Waals surface area contributed by atoms with Gasteiger partial charge in [0.25, 0.3) is 0 Å². The summed E-state index contributed by atoms with van der Waals surface area (Å²) in [5, 5.41) is 11.2. The first-order valence-corrected chi connectivity index (χ1v) is 9.48. The number of nitrogens with zero attached hydrogens (tertiary/aromatic N) is 3. The Hall–Kier alpha value is -3.65. The van der Waals surface area contributed by atoms with Crippen LogP contribution in [0.25, 0.3) is 33.4 Å². The number of hydrogen-bond acceptors (Lipinski definition) is 5. The topological polar surface area (TPSA) is 75.7 Å². The molecule has 0 unspecified atom stereocenters. The highest BCUT2D eigenvalue weighted by Gasteiger charge is 2.17. The van der Waals surface area contributed by atoms with E-state index in [-0.39, 0.29) is 11.7 Å². The van der Waals surface area contributed by atoms with Crippen molar-refractivity contribution in [1.29, 1.82) is 0 Å². The van der Waals surface area contributed by atoms with Crippen LogP contribution in [0.2, 0.25) is 0 Å². The lowest BCUT2D eigenvalue weighted by atomic mass is 10.0. The van der Waals surface area contributed by atoms with Gasteiger partial charge in [0.05, 0.1) is 23.5 Å². The molecule has 0 radical (unpaired) electrons. The van der Waals surface area contributed by atoms with Crippen LogP contribution in [-0.4, -0.2) is 39.4 Å². The van der Waals surface area contributed by atoms with Crippen molar-refractivity contribution in [1.82, 2.24) is 25.5 Å². The standard InChI is InChI=1S/C22H17F2N5O/c23-16-4-1-5-17(24)21(16)13-6-7-18-15(9-13)22(29-28-18)19-11-26-12-20(27-19)30-14-3-2-8-25-10-14/h1-7,9,11-12,14,25H,8,10H2,(H,28,29)/t14-/m1/s1. The minimum Gasteiger partial charge on any atom is -0.468 e. The lowest BCUT2D eigenvalue weighted by molar-refractivity contribution is 0.230. The maximum Gasteiger partial charge on any atom is 0.233 e. The second kappa shape index (κ2) is 7.64. The van der Waals surface area contributed by atoms with Gasteiger partial charge in [0.2, 0.25) is 5.88 Å². The summed E-state index contributed by atoms with van der Waals surface area (Å²) in [5.74, 6) is -0.870. The highest BCUT2D eigenvalue weighted by atomic mass is 19.1. The van der Waals surface area contributed by atoms with Crippen molar-refractivity contribution in [3.63, 3.8) is 0 Å². The van der Waals surface area contributed by atoms with Gasteiger partial charge < -0.3 is 10.1 Å². The Morgan fingerprint density at radius 2 is 1.93 bits per heavy atom. The first-order valence-electron chi connectivity index (χ1n) is 9.48. The van der Waals surface area contributed by atoms with Gasteiger partial charge in [-0.15, -0.1) is 0 Å². The van der Waals surface area contributed by atoms with Crippen LogP contribution in [0.4, 0.5) is 8.78 Å². The first kappa shape index (κ1) is 18.4. The van der Waals surface area contributed by atoms with Crippen LogP contribution in [0.3, 0.4) is 0 Å². The lowest BCUT2D eigenvalue weighted by Crippen LogP contribution is -2.33. The van der Waals surface area contributed by atoms with E-state index in [2.05, 4.69) is 25.5 Å². The molecule has 8 heteroatoms. The SMILES string of the molecule is Fc1cccc(F)c1-c1ccc2[nH]nc(-c3cncc(O[C@@H]4C=CCNC4)n3)c2c1. The summed E-state index contributed by atoms with van der Waals surface area (Å²) in [6.07, 6.45) is 6.96. The predicted octanol–water partition coefficient (Wildman–Crippen LogP) is 3.87. The Balaban J connectivity index is 1.54. The number of ether oxygens (including phenoxy) is 1. The third-order valence-corrected chi connectivity index (χ3v) is 4.90. The largest absolute Gasteiger partial charge is 0.468 e. The van der Waals surface area contributed by atoms with E-state index >= 15 is 0 Å². The van der Waals surface area contributed by atoms with Crippen molar-refractivity contribution < 1.29 is 13.5 Å². The third-order valence-electron chi connectivity index (χ3n) is 4.90. The number of nitrogens with one attached hydrogen (secondary N) is 2. The Morgan fingerprint density at radius 1 is 1.07 bits per heavy atom. The summed E-state index contributed by atoms with van der Waals surface area (Å²) in [6, 6.07) is 8.89. The third kappa shape index (κ3) is 3.42. The molecule has 0 spiro atoms. The number of hydrogen-bond donors (Lipinski definition) is 2. The molecule has 5 rings (SSSR count). The highest BCUT2D eigenvalue weighted by Crippen LogP contribution is 2.32. The van der Waals surface area contributed by atoms with Gasteiger partial charge in [-0.1, -0.05) is 18.2 Å². The first-order chi connectivity index (χ1) is 14.7. The van der Waals surface area contributed by atoms with Gasteiger partial charge in [0.1, 0.15) is 29.1 Å². The van der Waals surface area contributed by atoms with E-state index in [9.17, 15) is 8.78 Å². The van der Waals surface area contributed by atoms with Crippen LogP contribution in [-0.2, 0) is 0 Å². The average Bonchev–Trinajstić information content (AvgIpc) is 3.18. The molecular formula is C22H17F2N5O. The summed E-state index contributed by atoms with van der Waals surface area (Å²) < 4.78 is 34.4. The number of aromatic amines is 1. The number of rotatable bonds is 4. The van der Waals surface area contributed by atoms with Gasteiger partial charge in [-0.3, -0.25) is 10.1 Å². The molecule has 0 bridgehead atoms. The van der Waals surface area contributed by atoms with E-state index in [1.807, 2.05) is 12.2 Å². The summed E-state index contributed by atoms with van der Waals surface area (Å²) >= 11 is 0. The zero-order valence-corrected chi connectivity index (χ0v) is 15.8. The van der Waals surface area contributed by atoms with Crippen molar-refractivity contribution in [2.45, 2.75) is 6.10 Å². The molecule has 3 heterocycles. The molecule has 1 aliphatic rings. The van der Waals surface area contributed by atoms with E-state index in [1.54, 1.807) is 30.6 Å². The van der Waals surface area contributed by atoms with E-state index in [0.29, 0.717) is 34.8 Å². The summed E-state index contributed by atoms with van der Waals surface area (Å²) in [5.41, 5.74) is 2.08. The fraction of sp³-hybridized carbons (Fsp3) is 0.136. The Labute approximate surface area is 170 Å². The summed E-state index contributed by atoms with van der Waals surface area (Å²) in [7, 11) is 0. The fourth-order valence-corrected chi connectivity index (χ4v) is 3.49. The smallest absolute Gasteiger partial charge is 0.233 e. The number of halogens is 2. The molecule has 2 aromatic carbocycles. The van der Waals surface area contributed by atoms with Crippen molar-refractivity contribution in [2.24, 2.45) is 0 Å². The normalized spacial score (nSPS) is 16.1. The average molecular weight is 405 g/mol. The number of benzene rings is 2. The molecule has 2 aromatic heterocycles. The molecule has 6 nitrogen and oxygen atoms in total. The summed E-state index contributed by atoms with van der Waals surface area (Å²) in [4.78, 5) is 8.74. The van der Waals surface area contributed by atoms with E-state index in [1.165, 1.54) is 18.2 Å². The Bertz CT molecular complexity index is 1230. The molecule has 0 saturated carbocycles. The van der Waals surface area contributed by atoms with Crippen LogP contribution < -0.4 is 10.1 Å². The second-order valence-corrected chi connectivity index (χ2v) is 6.91. The Kier molecular flexibility index (Phi) is 4.68. The minimum absolute atomic E-state index is 0.0775. The van der Waals surface area contributed by atoms with Crippen LogP contribution in [0.1, 0.15) is 0 Å². The van der Waals surface area contributed by atoms with Crippen LogP contribution in [0.15, 0.2) is 60.9 Å². The van der Waals surface area contributed by atoms with Crippen molar-refractivity contribution in [3.05, 3.63) is 72.6 Å². The number of H-pyrrole nitrogens is 1. The molecule has 150 valence electrons. The molecule has 0 aliphatic carbocycles. The highest BCUT2D eigenvalue weighted by molar-refractivity contribution is 5.94. The zero-order valence-electron chi connectivity index (χ0n) is 15.8. The molecule has 2 N–H and O–H groups in total. The van der Waals surface area contributed by atoms with Gasteiger partial charge in [-0.25, -0.2) is 13.8 Å². The monoisotopic (exact) mass is 405 g/mol. The molecule has 0 amide bonds. The van der Waals surface area contributed by atoms with Gasteiger partial charge in [-0.05, 0) is 35.9 Å². The van der Waals surface area contributed by atoms with Crippen molar-refractivity contribution in [2.75, 3.05) is 13.1 Å². The predicted molar refractivity (Wildman–Crippen MR) is 109 cm³/mol. The molecule has 1 aliphatic heterocycles. The van der Waals surface area contributed by atoms with Crippen LogP contribution >= 0.6 is 0 Å². The molecule has 30 heavy (non-hydrogen) atoms. The lowest BCUT2D eigenvalue weighted by Gasteiger charge is -2.18. The van der Waals surface area contributed by atoms with Gasteiger partial charge in [0, 0.05) is 18.5 Å². The van der Waals surface area contributed by atoms with Crippen molar-refractivity contribution >= 4 is 10.9 Å². The van der Waals surface area contributed by atoms with Crippen LogP contribution in [0.5, 0.6) is 5.88 Å². The maximum absolute atomic E-state index is 14.2. The van der Waals surface area contributed by atoms with Crippen molar-refractivity contribution in [3.8, 4) is 28.4 Å². The van der Waals surface area contributed by atoms with Gasteiger partial charge >= 0.3 is 0 Å². The second-order valence-electron chi connectivity index (χ2n) is 6.91. The Morgan fingerprint density at radius 3 is 2.73 bits per heavy atom. The van der Waals surface area contributed by atoms with E-state index in [0.717, 1.165) is 12.1 Å². The quantitative estimate of drug-likeness (QED) is 0.504. The number of fused-ring (bicyclic) bond motifs is 1. The molecule has 0 saturated heterocycles. The molecule has 1 atom stereocenters. The van der Waals surface area contributed by atoms with E-state index in [4.69, 9.17) is 4.74 Å². The zero-order chi connectivity index (χ0) is 20.5. The van der Waals surface area contributed by atoms with Gasteiger partial charge in [-0.2, -0.15) is 5.10 Å².